The Balaban J connectivity index is 0.000000192. The average Bonchev–Trinajstić information content (AvgIpc) is 3.18. The highest BCUT2D eigenvalue weighted by atomic mass is 16.6. The highest BCUT2D eigenvalue weighted by molar-refractivity contribution is 5.96. The van der Waals surface area contributed by atoms with Crippen LogP contribution in [0.2, 0.25) is 0 Å². The molecule has 1 aliphatic heterocycles. The first-order valence-electron chi connectivity index (χ1n) is 11.1. The fraction of sp³-hybridized carbons (Fsp3) is 0.0333. The Morgan fingerprint density at radius 1 is 0.543 bits per heavy atom. The number of phenolic OH excluding ortho intramolecular Hbond substituents is 3. The van der Waals surface area contributed by atoms with Crippen LogP contribution >= 0.6 is 0 Å². The molecular weight excluding hydrogens is 440 g/mol. The maximum Gasteiger partial charge on any atom is 0.340 e. The van der Waals surface area contributed by atoms with Gasteiger partial charge in [-0.15, -0.1) is 0 Å². The molecule has 6 rings (SSSR count). The first kappa shape index (κ1) is 22.0. The van der Waals surface area contributed by atoms with E-state index in [0.717, 1.165) is 27.5 Å². The summed E-state index contributed by atoms with van der Waals surface area (Å²) in [5.74, 6) is 0.199. The molecule has 0 saturated heterocycles. The van der Waals surface area contributed by atoms with Crippen LogP contribution in [-0.2, 0) is 10.3 Å². The van der Waals surface area contributed by atoms with Gasteiger partial charge in [0.15, 0.2) is 5.60 Å². The largest absolute Gasteiger partial charge is 0.508 e. The molecule has 1 heterocycles. The number of benzene rings is 5. The van der Waals surface area contributed by atoms with Crippen molar-refractivity contribution in [2.45, 2.75) is 5.60 Å². The lowest BCUT2D eigenvalue weighted by atomic mass is 9.80. The van der Waals surface area contributed by atoms with E-state index in [4.69, 9.17) is 9.84 Å². The van der Waals surface area contributed by atoms with E-state index in [-0.39, 0.29) is 11.5 Å². The second-order valence-corrected chi connectivity index (χ2v) is 8.24. The van der Waals surface area contributed by atoms with Gasteiger partial charge in [-0.1, -0.05) is 72.8 Å². The molecule has 1 aliphatic rings. The highest BCUT2D eigenvalue weighted by Crippen LogP contribution is 2.47. The average molecular weight is 463 g/mol. The number of fused-ring (bicyclic) bond motifs is 2. The lowest BCUT2D eigenvalue weighted by Gasteiger charge is -2.30. The number of hydrogen-bond donors (Lipinski definition) is 3. The Kier molecular flexibility index (Phi) is 5.59. The molecule has 0 atom stereocenters. The molecule has 5 nitrogen and oxygen atoms in total. The minimum absolute atomic E-state index is 0.136. The minimum Gasteiger partial charge on any atom is -0.508 e. The summed E-state index contributed by atoms with van der Waals surface area (Å²) in [6.07, 6.45) is 0. The Bertz CT molecular complexity index is 1460. The zero-order valence-corrected chi connectivity index (χ0v) is 18.6. The Labute approximate surface area is 202 Å². The molecule has 0 aliphatic carbocycles. The van der Waals surface area contributed by atoms with Crippen LogP contribution in [-0.4, -0.2) is 21.3 Å². The van der Waals surface area contributed by atoms with E-state index >= 15 is 0 Å². The molecule has 0 amide bonds. The third-order valence-electron chi connectivity index (χ3n) is 6.05. The van der Waals surface area contributed by atoms with Crippen LogP contribution in [0.25, 0.3) is 10.8 Å². The van der Waals surface area contributed by atoms with Crippen LogP contribution in [0.4, 0.5) is 0 Å². The quantitative estimate of drug-likeness (QED) is 0.276. The zero-order valence-electron chi connectivity index (χ0n) is 18.6. The van der Waals surface area contributed by atoms with Gasteiger partial charge in [-0.05, 0) is 53.2 Å². The summed E-state index contributed by atoms with van der Waals surface area (Å²) >= 11 is 0. The van der Waals surface area contributed by atoms with Crippen LogP contribution in [0.15, 0.2) is 115 Å². The molecule has 35 heavy (non-hydrogen) atoms. The van der Waals surface area contributed by atoms with Crippen molar-refractivity contribution in [2.75, 3.05) is 0 Å². The number of phenols is 3. The normalized spacial score (nSPS) is 13.4. The molecule has 5 aromatic rings. The molecule has 172 valence electrons. The monoisotopic (exact) mass is 462 g/mol. The van der Waals surface area contributed by atoms with Crippen LogP contribution in [0.5, 0.6) is 17.2 Å². The van der Waals surface area contributed by atoms with Crippen molar-refractivity contribution in [3.05, 3.63) is 138 Å². The van der Waals surface area contributed by atoms with Crippen LogP contribution < -0.4 is 0 Å². The van der Waals surface area contributed by atoms with Gasteiger partial charge in [0, 0.05) is 16.7 Å². The fourth-order valence-corrected chi connectivity index (χ4v) is 4.38. The van der Waals surface area contributed by atoms with Gasteiger partial charge < -0.3 is 20.1 Å². The molecule has 0 saturated carbocycles. The molecular formula is C30H22O5. The smallest absolute Gasteiger partial charge is 0.340 e. The van der Waals surface area contributed by atoms with Crippen molar-refractivity contribution in [1.82, 2.24) is 0 Å². The second-order valence-electron chi connectivity index (χ2n) is 8.24. The standard InChI is InChI=1S/C20H14O4.C10H8O/c21-15-9-5-13(6-10-15)20(14-7-11-16(22)12-8-14)18-4-2-1-3-17(18)19(23)24-20;11-10-6-5-8-3-1-2-4-9(8)7-10/h1-12,21-22H;1-7,11H. The maximum atomic E-state index is 12.4. The van der Waals surface area contributed by atoms with Crippen molar-refractivity contribution < 1.29 is 24.9 Å². The number of cyclic esters (lactones) is 1. The third kappa shape index (κ3) is 4.04. The Morgan fingerprint density at radius 2 is 1.06 bits per heavy atom. The number of carbonyl (C=O) groups is 1. The van der Waals surface area contributed by atoms with Crippen LogP contribution in [0, 0.1) is 0 Å². The van der Waals surface area contributed by atoms with Crippen molar-refractivity contribution in [2.24, 2.45) is 0 Å². The van der Waals surface area contributed by atoms with E-state index in [1.807, 2.05) is 42.5 Å². The minimum atomic E-state index is -1.10. The topological polar surface area (TPSA) is 87.0 Å². The van der Waals surface area contributed by atoms with Crippen LogP contribution in [0.1, 0.15) is 27.0 Å². The van der Waals surface area contributed by atoms with E-state index in [1.54, 1.807) is 72.8 Å². The number of hydrogen-bond acceptors (Lipinski definition) is 5. The molecule has 0 unspecified atom stereocenters. The molecule has 0 radical (unpaired) electrons. The molecule has 0 spiro atoms. The number of rotatable bonds is 2. The van der Waals surface area contributed by atoms with E-state index < -0.39 is 11.6 Å². The molecule has 0 bridgehead atoms. The maximum absolute atomic E-state index is 12.4. The first-order valence-corrected chi connectivity index (χ1v) is 11.1. The SMILES string of the molecule is O=C1OC(c2ccc(O)cc2)(c2ccc(O)cc2)c2ccccc21.Oc1ccc2ccccc2c1. The van der Waals surface area contributed by atoms with Gasteiger partial charge in [0.1, 0.15) is 17.2 Å². The van der Waals surface area contributed by atoms with Gasteiger partial charge in [0.2, 0.25) is 0 Å². The summed E-state index contributed by atoms with van der Waals surface area (Å²) in [7, 11) is 0. The van der Waals surface area contributed by atoms with Gasteiger partial charge in [-0.25, -0.2) is 4.79 Å². The van der Waals surface area contributed by atoms with Crippen molar-refractivity contribution >= 4 is 16.7 Å². The summed E-state index contributed by atoms with van der Waals surface area (Å²) in [6, 6.07) is 33.7. The van der Waals surface area contributed by atoms with Gasteiger partial charge in [0.05, 0.1) is 5.56 Å². The van der Waals surface area contributed by atoms with Gasteiger partial charge in [-0.2, -0.15) is 0 Å². The van der Waals surface area contributed by atoms with E-state index in [0.29, 0.717) is 11.3 Å². The van der Waals surface area contributed by atoms with Crippen molar-refractivity contribution in [1.29, 1.82) is 0 Å². The van der Waals surface area contributed by atoms with Crippen LogP contribution in [0.3, 0.4) is 0 Å². The zero-order chi connectivity index (χ0) is 24.4. The molecule has 0 aromatic heterocycles. The molecule has 5 heteroatoms. The predicted molar refractivity (Wildman–Crippen MR) is 134 cm³/mol. The number of aromatic hydroxyl groups is 3. The molecule has 0 fully saturated rings. The third-order valence-corrected chi connectivity index (χ3v) is 6.05. The molecule has 5 aromatic carbocycles. The highest BCUT2D eigenvalue weighted by Gasteiger charge is 2.48. The van der Waals surface area contributed by atoms with Crippen molar-refractivity contribution in [3.63, 3.8) is 0 Å². The lowest BCUT2D eigenvalue weighted by Crippen LogP contribution is -2.29. The number of esters is 1. The second kappa shape index (κ2) is 8.88. The van der Waals surface area contributed by atoms with Gasteiger partial charge in [-0.3, -0.25) is 0 Å². The molecule has 3 N–H and O–H groups in total. The lowest BCUT2D eigenvalue weighted by molar-refractivity contribution is 0.0251. The van der Waals surface area contributed by atoms with Gasteiger partial charge in [0.25, 0.3) is 0 Å². The Morgan fingerprint density at radius 3 is 1.69 bits per heavy atom. The summed E-state index contributed by atoms with van der Waals surface area (Å²) < 4.78 is 5.87. The summed E-state index contributed by atoms with van der Waals surface area (Å²) in [5.41, 5.74) is 1.60. The Hall–Kier alpha value is -4.77. The van der Waals surface area contributed by atoms with E-state index in [9.17, 15) is 15.0 Å². The number of carbonyl (C=O) groups excluding carboxylic acids is 1. The van der Waals surface area contributed by atoms with E-state index in [2.05, 4.69) is 0 Å². The van der Waals surface area contributed by atoms with Gasteiger partial charge >= 0.3 is 5.97 Å². The van der Waals surface area contributed by atoms with Crippen molar-refractivity contribution in [3.8, 4) is 17.2 Å². The fourth-order valence-electron chi connectivity index (χ4n) is 4.38. The summed E-state index contributed by atoms with van der Waals surface area (Å²) in [4.78, 5) is 12.4. The van der Waals surface area contributed by atoms with E-state index in [1.165, 1.54) is 0 Å². The summed E-state index contributed by atoms with van der Waals surface area (Å²) in [5, 5.41) is 30.6. The first-order chi connectivity index (χ1) is 17.0. The predicted octanol–water partition coefficient (Wildman–Crippen LogP) is 6.11. The number of ether oxygens (including phenoxy) is 1. The summed E-state index contributed by atoms with van der Waals surface area (Å²) in [6.45, 7) is 0.